The largest absolute Gasteiger partial charge is 0.333 e. The van der Waals surface area contributed by atoms with Gasteiger partial charge in [0.15, 0.2) is 0 Å². The van der Waals surface area contributed by atoms with Crippen molar-refractivity contribution >= 4 is 27.5 Å². The van der Waals surface area contributed by atoms with Gasteiger partial charge in [0, 0.05) is 30.7 Å². The molecular weight excluding hydrogens is 342 g/mol. The number of hydrogen-bond acceptors (Lipinski definition) is 3. The summed E-state index contributed by atoms with van der Waals surface area (Å²) in [5.41, 5.74) is 2.63. The summed E-state index contributed by atoms with van der Waals surface area (Å²) in [5.74, 6) is -0.00855. The van der Waals surface area contributed by atoms with Gasteiger partial charge in [-0.15, -0.1) is 11.3 Å². The number of para-hydroxylation sites is 1. The lowest BCUT2D eigenvalue weighted by molar-refractivity contribution is 0.0742. The molecule has 26 heavy (non-hydrogen) atoms. The minimum absolute atomic E-state index is 0.00855. The fourth-order valence-electron chi connectivity index (χ4n) is 2.92. The molecular formula is C21H19N3OS. The molecule has 0 saturated carbocycles. The first-order valence-corrected chi connectivity index (χ1v) is 9.31. The highest BCUT2D eigenvalue weighted by Gasteiger charge is 2.22. The van der Waals surface area contributed by atoms with Crippen molar-refractivity contribution < 1.29 is 4.79 Å². The highest BCUT2D eigenvalue weighted by molar-refractivity contribution is 7.18. The molecule has 5 heteroatoms. The van der Waals surface area contributed by atoms with E-state index in [0.717, 1.165) is 20.9 Å². The van der Waals surface area contributed by atoms with Gasteiger partial charge in [-0.1, -0.05) is 18.2 Å². The number of aromatic nitrogens is 2. The second-order valence-electron chi connectivity index (χ2n) is 6.25. The minimum atomic E-state index is -0.0878. The van der Waals surface area contributed by atoms with Crippen LogP contribution in [0.25, 0.3) is 15.9 Å². The maximum absolute atomic E-state index is 13.0. The van der Waals surface area contributed by atoms with E-state index in [1.165, 1.54) is 0 Å². The SMILES string of the molecule is CC(c1nc2ccccc2s1)N(C)C(=O)c1cccc(-n2cccc2)c1. The van der Waals surface area contributed by atoms with Crippen LogP contribution < -0.4 is 0 Å². The van der Waals surface area contributed by atoms with Crippen molar-refractivity contribution in [2.75, 3.05) is 7.05 Å². The van der Waals surface area contributed by atoms with Gasteiger partial charge in [0.1, 0.15) is 5.01 Å². The number of nitrogens with zero attached hydrogens (tertiary/aromatic N) is 3. The van der Waals surface area contributed by atoms with Crippen molar-refractivity contribution in [3.8, 4) is 5.69 Å². The number of rotatable bonds is 4. The van der Waals surface area contributed by atoms with Gasteiger partial charge < -0.3 is 9.47 Å². The van der Waals surface area contributed by atoms with Gasteiger partial charge in [0.2, 0.25) is 0 Å². The van der Waals surface area contributed by atoms with Crippen LogP contribution in [0.5, 0.6) is 0 Å². The maximum atomic E-state index is 13.0. The van der Waals surface area contributed by atoms with E-state index in [1.54, 1.807) is 16.2 Å². The van der Waals surface area contributed by atoms with Crippen molar-refractivity contribution in [3.05, 3.63) is 83.6 Å². The summed E-state index contributed by atoms with van der Waals surface area (Å²) in [6.07, 6.45) is 3.94. The Labute approximate surface area is 156 Å². The molecule has 4 aromatic rings. The van der Waals surface area contributed by atoms with Gasteiger partial charge in [-0.25, -0.2) is 4.98 Å². The van der Waals surface area contributed by atoms with E-state index in [9.17, 15) is 4.79 Å². The summed E-state index contributed by atoms with van der Waals surface area (Å²) in [6, 6.07) is 19.6. The van der Waals surface area contributed by atoms with E-state index in [0.29, 0.717) is 5.56 Å². The number of thiazole rings is 1. The number of carbonyl (C=O) groups excluding carboxylic acids is 1. The Balaban J connectivity index is 1.60. The number of hydrogen-bond donors (Lipinski definition) is 0. The zero-order valence-corrected chi connectivity index (χ0v) is 15.5. The third-order valence-corrected chi connectivity index (χ3v) is 5.77. The zero-order valence-electron chi connectivity index (χ0n) is 14.7. The van der Waals surface area contributed by atoms with Crippen LogP contribution in [0, 0.1) is 0 Å². The van der Waals surface area contributed by atoms with Crippen LogP contribution in [0.3, 0.4) is 0 Å². The Hall–Kier alpha value is -2.92. The fourth-order valence-corrected chi connectivity index (χ4v) is 3.98. The van der Waals surface area contributed by atoms with Crippen LogP contribution in [0.2, 0.25) is 0 Å². The van der Waals surface area contributed by atoms with Gasteiger partial charge in [0.25, 0.3) is 5.91 Å². The Morgan fingerprint density at radius 3 is 2.62 bits per heavy atom. The van der Waals surface area contributed by atoms with Gasteiger partial charge in [-0.3, -0.25) is 4.79 Å². The average molecular weight is 361 g/mol. The van der Waals surface area contributed by atoms with Crippen molar-refractivity contribution in [2.45, 2.75) is 13.0 Å². The maximum Gasteiger partial charge on any atom is 0.254 e. The predicted molar refractivity (Wildman–Crippen MR) is 106 cm³/mol. The number of fused-ring (bicyclic) bond motifs is 1. The lowest BCUT2D eigenvalue weighted by Crippen LogP contribution is -2.29. The van der Waals surface area contributed by atoms with E-state index in [1.807, 2.05) is 85.5 Å². The minimum Gasteiger partial charge on any atom is -0.333 e. The summed E-state index contributed by atoms with van der Waals surface area (Å²) >= 11 is 1.64. The molecule has 0 fully saturated rings. The summed E-state index contributed by atoms with van der Waals surface area (Å²) in [5, 5.41) is 0.948. The lowest BCUT2D eigenvalue weighted by Gasteiger charge is -2.23. The Bertz CT molecular complexity index is 1020. The summed E-state index contributed by atoms with van der Waals surface area (Å²) < 4.78 is 3.14. The molecule has 0 N–H and O–H groups in total. The highest BCUT2D eigenvalue weighted by atomic mass is 32.1. The molecule has 2 heterocycles. The first-order chi connectivity index (χ1) is 12.6. The molecule has 1 amide bonds. The molecule has 0 aliphatic rings. The Morgan fingerprint density at radius 2 is 1.85 bits per heavy atom. The molecule has 1 atom stereocenters. The summed E-state index contributed by atoms with van der Waals surface area (Å²) in [7, 11) is 1.83. The van der Waals surface area contributed by atoms with Crippen molar-refractivity contribution in [2.24, 2.45) is 0 Å². The molecule has 1 unspecified atom stereocenters. The number of benzene rings is 2. The van der Waals surface area contributed by atoms with Crippen LogP contribution in [-0.4, -0.2) is 27.4 Å². The fraction of sp³-hybridized carbons (Fsp3) is 0.143. The monoisotopic (exact) mass is 361 g/mol. The second-order valence-corrected chi connectivity index (χ2v) is 7.31. The Kier molecular flexibility index (Phi) is 4.31. The average Bonchev–Trinajstić information content (AvgIpc) is 3.36. The van der Waals surface area contributed by atoms with Crippen LogP contribution in [0.4, 0.5) is 0 Å². The molecule has 0 saturated heterocycles. The molecule has 0 aliphatic heterocycles. The van der Waals surface area contributed by atoms with E-state index < -0.39 is 0 Å². The molecule has 0 aliphatic carbocycles. The lowest BCUT2D eigenvalue weighted by atomic mass is 10.1. The van der Waals surface area contributed by atoms with Crippen LogP contribution >= 0.6 is 11.3 Å². The van der Waals surface area contributed by atoms with E-state index >= 15 is 0 Å². The number of carbonyl (C=O) groups is 1. The number of amides is 1. The van der Waals surface area contributed by atoms with Gasteiger partial charge in [-0.2, -0.15) is 0 Å². The highest BCUT2D eigenvalue weighted by Crippen LogP contribution is 2.29. The van der Waals surface area contributed by atoms with Gasteiger partial charge in [-0.05, 0) is 49.4 Å². The third-order valence-electron chi connectivity index (χ3n) is 4.56. The molecule has 2 aromatic carbocycles. The van der Waals surface area contributed by atoms with Crippen molar-refractivity contribution in [1.82, 2.24) is 14.5 Å². The van der Waals surface area contributed by atoms with Crippen LogP contribution in [-0.2, 0) is 0 Å². The Morgan fingerprint density at radius 1 is 1.08 bits per heavy atom. The molecule has 0 radical (unpaired) electrons. The molecule has 0 spiro atoms. The molecule has 4 rings (SSSR count). The quantitative estimate of drug-likeness (QED) is 0.517. The van der Waals surface area contributed by atoms with Crippen LogP contribution in [0.15, 0.2) is 73.1 Å². The normalized spacial score (nSPS) is 12.2. The van der Waals surface area contributed by atoms with E-state index in [4.69, 9.17) is 0 Å². The topological polar surface area (TPSA) is 38.1 Å². The van der Waals surface area contributed by atoms with Crippen LogP contribution in [0.1, 0.15) is 28.3 Å². The van der Waals surface area contributed by atoms with Gasteiger partial charge in [0.05, 0.1) is 16.3 Å². The molecule has 130 valence electrons. The van der Waals surface area contributed by atoms with Gasteiger partial charge >= 0.3 is 0 Å². The van der Waals surface area contributed by atoms with Crippen molar-refractivity contribution in [3.63, 3.8) is 0 Å². The molecule has 0 bridgehead atoms. The molecule has 4 nitrogen and oxygen atoms in total. The predicted octanol–water partition coefficient (Wildman–Crippen LogP) is 4.92. The smallest absolute Gasteiger partial charge is 0.254 e. The van der Waals surface area contributed by atoms with E-state index in [-0.39, 0.29) is 11.9 Å². The zero-order chi connectivity index (χ0) is 18.1. The second kappa shape index (κ2) is 6.77. The standard InChI is InChI=1S/C21H19N3OS/c1-15(20-22-18-10-3-4-11-19(18)26-20)23(2)21(25)16-8-7-9-17(14-16)24-12-5-6-13-24/h3-15H,1-2H3. The summed E-state index contributed by atoms with van der Waals surface area (Å²) in [6.45, 7) is 2.02. The molecule has 2 aromatic heterocycles. The first kappa shape index (κ1) is 16.5. The third kappa shape index (κ3) is 3.02. The summed E-state index contributed by atoms with van der Waals surface area (Å²) in [4.78, 5) is 19.4. The van der Waals surface area contributed by atoms with E-state index in [2.05, 4.69) is 11.1 Å². The van der Waals surface area contributed by atoms with Crippen molar-refractivity contribution in [1.29, 1.82) is 0 Å². The first-order valence-electron chi connectivity index (χ1n) is 8.49.